The molecule has 210 valence electrons. The SMILES string of the molecule is CC(C)[C@H](C)CC(=O)N1CCN(C(=O)c2cc3nc(-c4ccc(Cl)c(F)c4)cc(C(C)(C)C)c3o2)C(C)(C)C1. The topological polar surface area (TPSA) is 66.7 Å². The number of hydrogen-bond donors (Lipinski definition) is 0. The van der Waals surface area contributed by atoms with Crippen molar-refractivity contribution < 1.29 is 18.4 Å². The third kappa shape index (κ3) is 5.98. The van der Waals surface area contributed by atoms with Crippen LogP contribution in [0.25, 0.3) is 22.4 Å². The van der Waals surface area contributed by atoms with E-state index in [1.165, 1.54) is 12.1 Å². The predicted molar refractivity (Wildman–Crippen MR) is 153 cm³/mol. The Hall–Kier alpha value is -2.93. The van der Waals surface area contributed by atoms with Crippen LogP contribution < -0.4 is 0 Å². The van der Waals surface area contributed by atoms with Gasteiger partial charge in [-0.25, -0.2) is 9.37 Å². The number of pyridine rings is 1. The monoisotopic (exact) mass is 555 g/mol. The van der Waals surface area contributed by atoms with Crippen LogP contribution in [-0.2, 0) is 10.2 Å². The fraction of sp³-hybridized carbons (Fsp3) is 0.516. The Balaban J connectivity index is 1.65. The van der Waals surface area contributed by atoms with Gasteiger partial charge in [0.1, 0.15) is 11.3 Å². The van der Waals surface area contributed by atoms with Crippen LogP contribution in [0.1, 0.15) is 77.9 Å². The molecule has 0 bridgehead atoms. The van der Waals surface area contributed by atoms with Crippen LogP contribution in [0.2, 0.25) is 5.02 Å². The highest BCUT2D eigenvalue weighted by Gasteiger charge is 2.40. The van der Waals surface area contributed by atoms with Gasteiger partial charge in [-0.3, -0.25) is 9.59 Å². The summed E-state index contributed by atoms with van der Waals surface area (Å²) in [6.45, 7) is 17.8. The average molecular weight is 556 g/mol. The lowest BCUT2D eigenvalue weighted by molar-refractivity contribution is -0.136. The number of hydrogen-bond acceptors (Lipinski definition) is 4. The largest absolute Gasteiger partial charge is 0.449 e. The summed E-state index contributed by atoms with van der Waals surface area (Å²) in [7, 11) is 0. The summed E-state index contributed by atoms with van der Waals surface area (Å²) in [6.07, 6.45) is 0.506. The standard InChI is InChI=1S/C31H39ClFN3O3/c1-18(2)19(3)13-27(37)35-11-12-36(31(7,8)17-35)29(38)26-16-25-28(39-26)21(30(4,5)6)15-24(34-25)20-9-10-22(32)23(33)14-20/h9-10,14-16,18-19H,11-13,17H2,1-8H3/t19-/m1/s1. The first-order chi connectivity index (χ1) is 18.1. The molecule has 0 aliphatic carbocycles. The number of carbonyl (C=O) groups is 2. The smallest absolute Gasteiger partial charge is 0.290 e. The molecular formula is C31H39ClFN3O3. The molecule has 0 radical (unpaired) electrons. The van der Waals surface area contributed by atoms with E-state index in [0.29, 0.717) is 60.2 Å². The minimum Gasteiger partial charge on any atom is -0.449 e. The molecule has 3 aromatic rings. The maximum absolute atomic E-state index is 14.2. The zero-order valence-electron chi connectivity index (χ0n) is 24.2. The first kappa shape index (κ1) is 29.1. The van der Waals surface area contributed by atoms with E-state index >= 15 is 0 Å². The number of benzene rings is 1. The molecule has 0 N–H and O–H groups in total. The number of rotatable bonds is 5. The molecule has 1 aromatic carbocycles. The fourth-order valence-electron chi connectivity index (χ4n) is 5.01. The van der Waals surface area contributed by atoms with Gasteiger partial charge in [0.15, 0.2) is 11.3 Å². The number of amides is 2. The molecule has 1 aliphatic rings. The minimum absolute atomic E-state index is 0.0471. The van der Waals surface area contributed by atoms with E-state index < -0.39 is 11.4 Å². The Bertz CT molecular complexity index is 1410. The summed E-state index contributed by atoms with van der Waals surface area (Å²) in [5, 5.41) is 0.0471. The lowest BCUT2D eigenvalue weighted by atomic mass is 9.86. The Morgan fingerprint density at radius 1 is 1.13 bits per heavy atom. The molecule has 1 atom stereocenters. The lowest BCUT2D eigenvalue weighted by Gasteiger charge is -2.47. The minimum atomic E-state index is -0.572. The van der Waals surface area contributed by atoms with E-state index in [-0.39, 0.29) is 28.0 Å². The molecule has 4 rings (SSSR count). The molecule has 1 fully saturated rings. The summed E-state index contributed by atoms with van der Waals surface area (Å²) >= 11 is 5.89. The van der Waals surface area contributed by atoms with Crippen LogP contribution in [0.15, 0.2) is 34.7 Å². The van der Waals surface area contributed by atoms with E-state index in [9.17, 15) is 14.0 Å². The molecule has 8 heteroatoms. The summed E-state index contributed by atoms with van der Waals surface area (Å²) in [6, 6.07) is 8.15. The Kier molecular flexibility index (Phi) is 7.87. The number of furan rings is 1. The van der Waals surface area contributed by atoms with Crippen molar-refractivity contribution in [2.24, 2.45) is 11.8 Å². The van der Waals surface area contributed by atoms with E-state index in [1.54, 1.807) is 17.0 Å². The summed E-state index contributed by atoms with van der Waals surface area (Å²) in [5.74, 6) is 0.307. The van der Waals surface area contributed by atoms with Crippen LogP contribution in [0.4, 0.5) is 4.39 Å². The molecule has 0 unspecified atom stereocenters. The molecule has 39 heavy (non-hydrogen) atoms. The van der Waals surface area contributed by atoms with Gasteiger partial charge < -0.3 is 14.2 Å². The second kappa shape index (κ2) is 10.6. The van der Waals surface area contributed by atoms with Crippen molar-refractivity contribution in [1.29, 1.82) is 0 Å². The quantitative estimate of drug-likeness (QED) is 0.330. The van der Waals surface area contributed by atoms with E-state index in [0.717, 1.165) is 5.56 Å². The first-order valence-electron chi connectivity index (χ1n) is 13.6. The highest BCUT2D eigenvalue weighted by molar-refractivity contribution is 6.30. The summed E-state index contributed by atoms with van der Waals surface area (Å²) < 4.78 is 20.4. The second-order valence-electron chi connectivity index (χ2n) is 12.8. The van der Waals surface area contributed by atoms with Crippen LogP contribution in [-0.4, -0.2) is 51.8 Å². The Morgan fingerprint density at radius 3 is 2.41 bits per heavy atom. The van der Waals surface area contributed by atoms with Gasteiger partial charge in [-0.15, -0.1) is 0 Å². The van der Waals surface area contributed by atoms with Gasteiger partial charge >= 0.3 is 0 Å². The maximum atomic E-state index is 14.2. The van der Waals surface area contributed by atoms with Crippen molar-refractivity contribution in [2.75, 3.05) is 19.6 Å². The molecule has 0 spiro atoms. The molecule has 0 saturated carbocycles. The molecule has 3 heterocycles. The van der Waals surface area contributed by atoms with Crippen molar-refractivity contribution in [3.05, 3.63) is 52.5 Å². The van der Waals surface area contributed by atoms with Crippen LogP contribution in [0, 0.1) is 17.7 Å². The summed E-state index contributed by atoms with van der Waals surface area (Å²) in [5.41, 5.74) is 2.21. The van der Waals surface area contributed by atoms with Gasteiger partial charge in [0.25, 0.3) is 5.91 Å². The van der Waals surface area contributed by atoms with Gasteiger partial charge in [-0.2, -0.15) is 0 Å². The molecule has 1 saturated heterocycles. The molecule has 2 aromatic heterocycles. The average Bonchev–Trinajstić information content (AvgIpc) is 3.27. The van der Waals surface area contributed by atoms with Crippen LogP contribution in [0.5, 0.6) is 0 Å². The number of piperazine rings is 1. The first-order valence-corrected chi connectivity index (χ1v) is 14.0. The van der Waals surface area contributed by atoms with Crippen LogP contribution in [0.3, 0.4) is 0 Å². The van der Waals surface area contributed by atoms with Crippen molar-refractivity contribution in [3.8, 4) is 11.3 Å². The van der Waals surface area contributed by atoms with Gasteiger partial charge in [0, 0.05) is 43.2 Å². The zero-order chi connectivity index (χ0) is 28.9. The van der Waals surface area contributed by atoms with E-state index in [4.69, 9.17) is 21.0 Å². The van der Waals surface area contributed by atoms with Gasteiger partial charge in [-0.05, 0) is 49.3 Å². The van der Waals surface area contributed by atoms with Crippen molar-refractivity contribution in [1.82, 2.24) is 14.8 Å². The third-order valence-electron chi connectivity index (χ3n) is 7.85. The number of carbonyl (C=O) groups excluding carboxylic acids is 2. The summed E-state index contributed by atoms with van der Waals surface area (Å²) in [4.78, 5) is 35.1. The van der Waals surface area contributed by atoms with E-state index in [1.807, 2.05) is 24.8 Å². The van der Waals surface area contributed by atoms with Gasteiger partial charge in [0.05, 0.1) is 16.3 Å². The van der Waals surface area contributed by atoms with Crippen LogP contribution >= 0.6 is 11.6 Å². The molecular weight excluding hydrogens is 517 g/mol. The van der Waals surface area contributed by atoms with Crippen molar-refractivity contribution in [3.63, 3.8) is 0 Å². The fourth-order valence-corrected chi connectivity index (χ4v) is 5.12. The Morgan fingerprint density at radius 2 is 1.82 bits per heavy atom. The maximum Gasteiger partial charge on any atom is 0.290 e. The second-order valence-corrected chi connectivity index (χ2v) is 13.2. The highest BCUT2D eigenvalue weighted by Crippen LogP contribution is 2.36. The third-order valence-corrected chi connectivity index (χ3v) is 8.15. The molecule has 1 aliphatic heterocycles. The van der Waals surface area contributed by atoms with Crippen molar-refractivity contribution >= 4 is 34.5 Å². The normalized spacial score (nSPS) is 16.7. The number of aromatic nitrogens is 1. The number of fused-ring (bicyclic) bond motifs is 1. The number of nitrogens with zero attached hydrogens (tertiary/aromatic N) is 3. The number of halogens is 2. The Labute approximate surface area is 235 Å². The van der Waals surface area contributed by atoms with Gasteiger partial charge in [-0.1, -0.05) is 59.2 Å². The van der Waals surface area contributed by atoms with Crippen molar-refractivity contribution in [2.45, 2.75) is 72.8 Å². The zero-order valence-corrected chi connectivity index (χ0v) is 24.9. The molecule has 6 nitrogen and oxygen atoms in total. The predicted octanol–water partition coefficient (Wildman–Crippen LogP) is 7.33. The van der Waals surface area contributed by atoms with E-state index in [2.05, 4.69) is 41.5 Å². The molecule has 2 amide bonds. The van der Waals surface area contributed by atoms with Gasteiger partial charge in [0.2, 0.25) is 5.91 Å². The lowest BCUT2D eigenvalue weighted by Crippen LogP contribution is -2.62. The highest BCUT2D eigenvalue weighted by atomic mass is 35.5.